The van der Waals surface area contributed by atoms with E-state index >= 15 is 0 Å². The van der Waals surface area contributed by atoms with Crippen molar-refractivity contribution in [2.45, 2.75) is 334 Å². The number of allylic oxidation sites excluding steroid dienone is 5. The number of aliphatic hydroxyl groups is 2. The largest absolute Gasteiger partial charge is 0.466 e. The van der Waals surface area contributed by atoms with Crippen LogP contribution in [-0.4, -0.2) is 47.4 Å². The van der Waals surface area contributed by atoms with Gasteiger partial charge in [-0.2, -0.15) is 0 Å². The summed E-state index contributed by atoms with van der Waals surface area (Å²) in [7, 11) is 0. The smallest absolute Gasteiger partial charge is 0.305 e. The lowest BCUT2D eigenvalue weighted by Gasteiger charge is -2.20. The minimum atomic E-state index is -0.850. The van der Waals surface area contributed by atoms with Gasteiger partial charge in [0.1, 0.15) is 0 Å². The molecule has 2 unspecified atom stereocenters. The quantitative estimate of drug-likeness (QED) is 0.0321. The molecule has 68 heavy (non-hydrogen) atoms. The fourth-order valence-electron chi connectivity index (χ4n) is 9.25. The molecule has 0 bridgehead atoms. The van der Waals surface area contributed by atoms with Gasteiger partial charge in [0, 0.05) is 12.8 Å². The summed E-state index contributed by atoms with van der Waals surface area (Å²) in [6.07, 6.45) is 71.6. The van der Waals surface area contributed by atoms with Gasteiger partial charge in [-0.15, -0.1) is 0 Å². The maximum absolute atomic E-state index is 12.5. The molecule has 0 aliphatic carbocycles. The molecule has 1 amide bonds. The lowest BCUT2D eigenvalue weighted by molar-refractivity contribution is -0.143. The highest BCUT2D eigenvalue weighted by atomic mass is 16.5. The van der Waals surface area contributed by atoms with Crippen molar-refractivity contribution in [3.63, 3.8) is 0 Å². The van der Waals surface area contributed by atoms with Crippen LogP contribution in [0.25, 0.3) is 0 Å². The van der Waals surface area contributed by atoms with Gasteiger partial charge in [0.05, 0.1) is 25.4 Å². The summed E-state index contributed by atoms with van der Waals surface area (Å²) in [5.41, 5.74) is 0. The van der Waals surface area contributed by atoms with E-state index < -0.39 is 12.1 Å². The molecule has 0 aliphatic rings. The summed E-state index contributed by atoms with van der Waals surface area (Å²) in [4.78, 5) is 24.6. The highest BCUT2D eigenvalue weighted by Gasteiger charge is 2.18. The van der Waals surface area contributed by atoms with Crippen LogP contribution in [-0.2, 0) is 14.3 Å². The Labute approximate surface area is 424 Å². The SMILES string of the molecule is CCCCC/C=C\C/C=C\CCCCCCCCCCCC(=O)OCCCCCCCCCCCCCCCCCCC(=O)NC(CO)C(O)/C=C/CCCCCCCCCCCCCCCC. The molecule has 6 nitrogen and oxygen atoms in total. The summed E-state index contributed by atoms with van der Waals surface area (Å²) in [5, 5.41) is 23.1. The predicted octanol–water partition coefficient (Wildman–Crippen LogP) is 18.8. The fourth-order valence-corrected chi connectivity index (χ4v) is 9.25. The summed E-state index contributed by atoms with van der Waals surface area (Å²) in [6, 6.07) is -0.634. The van der Waals surface area contributed by atoms with Crippen molar-refractivity contribution in [3.05, 3.63) is 36.5 Å². The molecule has 0 aliphatic heterocycles. The molecule has 6 heteroatoms. The summed E-state index contributed by atoms with van der Waals surface area (Å²) >= 11 is 0. The maximum atomic E-state index is 12.5. The Kier molecular flexibility index (Phi) is 56.0. The fraction of sp³-hybridized carbons (Fsp3) is 0.871. The van der Waals surface area contributed by atoms with E-state index in [1.165, 1.54) is 244 Å². The van der Waals surface area contributed by atoms with Crippen molar-refractivity contribution in [1.82, 2.24) is 5.32 Å². The first-order chi connectivity index (χ1) is 33.5. The number of nitrogens with one attached hydrogen (secondary N) is 1. The van der Waals surface area contributed by atoms with Crippen molar-refractivity contribution in [1.29, 1.82) is 0 Å². The van der Waals surface area contributed by atoms with E-state index in [9.17, 15) is 19.8 Å². The van der Waals surface area contributed by atoms with Gasteiger partial charge in [-0.05, 0) is 64.2 Å². The molecule has 0 saturated heterocycles. The van der Waals surface area contributed by atoms with Crippen LogP contribution in [0.5, 0.6) is 0 Å². The molecule has 0 heterocycles. The third kappa shape index (κ3) is 53.4. The summed E-state index contributed by atoms with van der Waals surface area (Å²) in [6.45, 7) is 4.88. The van der Waals surface area contributed by atoms with Crippen molar-refractivity contribution >= 4 is 11.9 Å². The third-order valence-electron chi connectivity index (χ3n) is 13.9. The van der Waals surface area contributed by atoms with Gasteiger partial charge in [-0.3, -0.25) is 9.59 Å². The molecule has 0 aromatic heterocycles. The minimum Gasteiger partial charge on any atom is -0.466 e. The summed E-state index contributed by atoms with van der Waals surface area (Å²) in [5.74, 6) is -0.0751. The minimum absolute atomic E-state index is 0.00150. The van der Waals surface area contributed by atoms with Crippen LogP contribution in [0.2, 0.25) is 0 Å². The zero-order valence-electron chi connectivity index (χ0n) is 45.6. The van der Waals surface area contributed by atoms with Crippen LogP contribution < -0.4 is 5.32 Å². The molecule has 2 atom stereocenters. The number of hydrogen-bond acceptors (Lipinski definition) is 5. The van der Waals surface area contributed by atoms with Gasteiger partial charge in [-0.25, -0.2) is 0 Å². The van der Waals surface area contributed by atoms with Crippen molar-refractivity contribution < 1.29 is 24.5 Å². The Morgan fingerprint density at radius 2 is 0.735 bits per heavy atom. The monoisotopic (exact) mass is 956 g/mol. The number of carbonyl (C=O) groups excluding carboxylic acids is 2. The second-order valence-electron chi connectivity index (χ2n) is 20.7. The Balaban J connectivity index is 3.44. The number of aliphatic hydroxyl groups excluding tert-OH is 2. The number of hydrogen-bond donors (Lipinski definition) is 3. The molecule has 3 N–H and O–H groups in total. The van der Waals surface area contributed by atoms with E-state index in [4.69, 9.17) is 4.74 Å². The molecule has 0 rings (SSSR count). The van der Waals surface area contributed by atoms with Gasteiger partial charge < -0.3 is 20.3 Å². The molecule has 0 radical (unpaired) electrons. The maximum Gasteiger partial charge on any atom is 0.305 e. The van der Waals surface area contributed by atoms with Crippen LogP contribution in [0.3, 0.4) is 0 Å². The number of carbonyl (C=O) groups is 2. The van der Waals surface area contributed by atoms with E-state index in [-0.39, 0.29) is 18.5 Å². The number of rotatable bonds is 56. The van der Waals surface area contributed by atoms with Crippen LogP contribution in [0.1, 0.15) is 322 Å². The van der Waals surface area contributed by atoms with Crippen molar-refractivity contribution in [2.75, 3.05) is 13.2 Å². The van der Waals surface area contributed by atoms with E-state index in [1.807, 2.05) is 6.08 Å². The normalized spacial score (nSPS) is 12.8. The van der Waals surface area contributed by atoms with E-state index in [1.54, 1.807) is 6.08 Å². The van der Waals surface area contributed by atoms with Crippen LogP contribution in [0.4, 0.5) is 0 Å². The zero-order valence-corrected chi connectivity index (χ0v) is 45.6. The average Bonchev–Trinajstić information content (AvgIpc) is 3.34. The topological polar surface area (TPSA) is 95.9 Å². The van der Waals surface area contributed by atoms with E-state index in [0.29, 0.717) is 19.4 Å². The number of unbranched alkanes of at least 4 members (excludes halogenated alkanes) is 41. The highest BCUT2D eigenvalue weighted by molar-refractivity contribution is 5.76. The van der Waals surface area contributed by atoms with E-state index in [2.05, 4.69) is 43.5 Å². The first-order valence-electron chi connectivity index (χ1n) is 30.3. The standard InChI is InChI=1S/C62H117NO5/c1-3-5-7-9-11-13-15-17-19-21-22-23-28-32-36-40-44-48-52-56-62(67)68-57-53-49-45-41-37-33-29-25-24-27-31-35-39-43-47-51-55-61(66)63-59(58-64)60(65)54-50-46-42-38-34-30-26-20-18-16-14-12-10-8-6-4-2/h11,13,17,19,50,54,59-60,64-65H,3-10,12,14-16,18,20-49,51-53,55-58H2,1-2H3,(H,63,66)/b13-11-,19-17-,54-50+. The molecular weight excluding hydrogens is 839 g/mol. The summed E-state index contributed by atoms with van der Waals surface area (Å²) < 4.78 is 5.49. The van der Waals surface area contributed by atoms with Crippen molar-refractivity contribution in [2.24, 2.45) is 0 Å². The van der Waals surface area contributed by atoms with Crippen LogP contribution in [0.15, 0.2) is 36.5 Å². The molecule has 0 aromatic carbocycles. The van der Waals surface area contributed by atoms with Crippen LogP contribution in [0, 0.1) is 0 Å². The Hall–Kier alpha value is -1.92. The molecule has 400 valence electrons. The first-order valence-corrected chi connectivity index (χ1v) is 30.3. The molecule has 0 fully saturated rings. The zero-order chi connectivity index (χ0) is 49.3. The molecule has 0 spiro atoms. The van der Waals surface area contributed by atoms with Gasteiger partial charge in [0.15, 0.2) is 0 Å². The Morgan fingerprint density at radius 1 is 0.412 bits per heavy atom. The second-order valence-corrected chi connectivity index (χ2v) is 20.7. The first kappa shape index (κ1) is 66.1. The van der Waals surface area contributed by atoms with Gasteiger partial charge in [-0.1, -0.05) is 281 Å². The lowest BCUT2D eigenvalue weighted by atomic mass is 10.0. The predicted molar refractivity (Wildman–Crippen MR) is 296 cm³/mol. The number of ether oxygens (including phenoxy) is 1. The van der Waals surface area contributed by atoms with Gasteiger partial charge >= 0.3 is 5.97 Å². The van der Waals surface area contributed by atoms with Crippen LogP contribution >= 0.6 is 0 Å². The number of amides is 1. The number of esters is 1. The van der Waals surface area contributed by atoms with Gasteiger partial charge in [0.25, 0.3) is 0 Å². The Bertz CT molecular complexity index is 1100. The molecule has 0 aromatic rings. The van der Waals surface area contributed by atoms with E-state index in [0.717, 1.165) is 51.4 Å². The highest BCUT2D eigenvalue weighted by Crippen LogP contribution is 2.17. The van der Waals surface area contributed by atoms with Gasteiger partial charge in [0.2, 0.25) is 5.91 Å². The third-order valence-corrected chi connectivity index (χ3v) is 13.9. The molecule has 0 saturated carbocycles. The average molecular weight is 957 g/mol. The Morgan fingerprint density at radius 3 is 1.15 bits per heavy atom. The lowest BCUT2D eigenvalue weighted by Crippen LogP contribution is -2.45. The second kappa shape index (κ2) is 57.7. The van der Waals surface area contributed by atoms with Crippen molar-refractivity contribution in [3.8, 4) is 0 Å². The molecular formula is C62H117NO5.